The molecule has 3 N–H and O–H groups in total. The van der Waals surface area contributed by atoms with Gasteiger partial charge in [0.25, 0.3) is 5.91 Å². The number of amides is 2. The van der Waals surface area contributed by atoms with Crippen LogP contribution in [0.15, 0.2) is 30.3 Å². The van der Waals surface area contributed by atoms with Gasteiger partial charge in [0.05, 0.1) is 12.6 Å². The summed E-state index contributed by atoms with van der Waals surface area (Å²) >= 11 is 0. The predicted molar refractivity (Wildman–Crippen MR) is 118 cm³/mol. The summed E-state index contributed by atoms with van der Waals surface area (Å²) in [5.74, 6) is -2.65. The van der Waals surface area contributed by atoms with E-state index >= 15 is 0 Å². The molecule has 0 aliphatic rings. The van der Waals surface area contributed by atoms with Crippen LogP contribution in [0.5, 0.6) is 0 Å². The molecule has 0 saturated carbocycles. The van der Waals surface area contributed by atoms with Crippen molar-refractivity contribution in [2.24, 2.45) is 0 Å². The number of carbonyl (C=O) groups is 4. The summed E-state index contributed by atoms with van der Waals surface area (Å²) in [6, 6.07) is 7.10. The second-order valence-electron chi connectivity index (χ2n) is 7.98. The monoisotopic (exact) mass is 433 g/mol. The Hall–Kier alpha value is -2.74. The number of likely N-dealkylation sites (N-methyl/N-ethyl adjacent to an activating group) is 1. The molecule has 2 atom stereocenters. The van der Waals surface area contributed by atoms with Crippen LogP contribution in [-0.4, -0.2) is 48.8 Å². The van der Waals surface area contributed by atoms with E-state index in [4.69, 9.17) is 4.74 Å². The molecular weight excluding hydrogens is 398 g/mol. The maximum Gasteiger partial charge on any atom is 0.333 e. The molecule has 0 aliphatic heterocycles. The molecule has 2 unspecified atom stereocenters. The van der Waals surface area contributed by atoms with Crippen LogP contribution < -0.4 is 16.0 Å². The highest BCUT2D eigenvalue weighted by atomic mass is 16.6. The van der Waals surface area contributed by atoms with Gasteiger partial charge >= 0.3 is 5.97 Å². The lowest BCUT2D eigenvalue weighted by Gasteiger charge is -2.27. The molecule has 8 heteroatoms. The summed E-state index contributed by atoms with van der Waals surface area (Å²) < 4.78 is 5.55. The van der Waals surface area contributed by atoms with Crippen LogP contribution >= 0.6 is 0 Å². The molecule has 172 valence electrons. The third-order valence-electron chi connectivity index (χ3n) is 5.05. The molecule has 8 nitrogen and oxygen atoms in total. The summed E-state index contributed by atoms with van der Waals surface area (Å²) in [7, 11) is 1.62. The van der Waals surface area contributed by atoms with Crippen molar-refractivity contribution >= 4 is 23.6 Å². The molecule has 1 aromatic rings. The van der Waals surface area contributed by atoms with Crippen molar-refractivity contribution in [2.45, 2.75) is 71.1 Å². The first-order valence-corrected chi connectivity index (χ1v) is 10.7. The van der Waals surface area contributed by atoms with E-state index in [2.05, 4.69) is 16.0 Å². The van der Waals surface area contributed by atoms with Gasteiger partial charge in [-0.05, 0) is 39.3 Å². The molecule has 0 spiro atoms. The van der Waals surface area contributed by atoms with E-state index in [1.165, 1.54) is 0 Å². The molecule has 2 amide bonds. The maximum absolute atomic E-state index is 12.7. The molecule has 0 radical (unpaired) electrons. The molecule has 0 bridgehead atoms. The lowest BCUT2D eigenvalue weighted by atomic mass is 10.0. The molecule has 1 rings (SSSR count). The molecule has 0 aliphatic carbocycles. The van der Waals surface area contributed by atoms with Gasteiger partial charge < -0.3 is 20.7 Å². The van der Waals surface area contributed by atoms with Gasteiger partial charge in [-0.1, -0.05) is 57.0 Å². The van der Waals surface area contributed by atoms with Crippen molar-refractivity contribution in [2.75, 3.05) is 13.6 Å². The SMILES string of the molecule is CCCCC(NC)C(=O)C(=O)NCC(=O)NC(C(=O)OC(C)(C)CC)c1ccccc1. The summed E-state index contributed by atoms with van der Waals surface area (Å²) in [6.07, 6.45) is 2.86. The molecule has 0 heterocycles. The molecule has 0 aromatic heterocycles. The number of ketones is 1. The van der Waals surface area contributed by atoms with E-state index in [0.29, 0.717) is 18.4 Å². The van der Waals surface area contributed by atoms with Gasteiger partial charge in [-0.2, -0.15) is 0 Å². The minimum Gasteiger partial charge on any atom is -0.458 e. The predicted octanol–water partition coefficient (Wildman–Crippen LogP) is 2.04. The quantitative estimate of drug-likeness (QED) is 0.324. The average Bonchev–Trinajstić information content (AvgIpc) is 2.76. The molecule has 0 saturated heterocycles. The fraction of sp³-hybridized carbons (Fsp3) is 0.565. The van der Waals surface area contributed by atoms with Crippen LogP contribution in [0.2, 0.25) is 0 Å². The standard InChI is InChI=1S/C23H35N3O5/c1-6-8-14-17(24-5)20(28)21(29)25-15-18(27)26-19(16-12-10-9-11-13-16)22(30)31-23(3,4)7-2/h9-13,17,19,24H,6-8,14-15H2,1-5H3,(H,25,29)(H,26,27). The number of hydrogen-bond acceptors (Lipinski definition) is 6. The Balaban J connectivity index is 2.78. The number of unbranched alkanes of at least 4 members (excludes halogenated alkanes) is 1. The number of nitrogens with one attached hydrogen (secondary N) is 3. The minimum atomic E-state index is -1.03. The maximum atomic E-state index is 12.7. The first-order valence-electron chi connectivity index (χ1n) is 10.7. The van der Waals surface area contributed by atoms with Crippen LogP contribution in [0.1, 0.15) is 65.0 Å². The Kier molecular flexibility index (Phi) is 10.9. The second kappa shape index (κ2) is 12.8. The van der Waals surface area contributed by atoms with Gasteiger partial charge in [0.15, 0.2) is 6.04 Å². The van der Waals surface area contributed by atoms with Gasteiger partial charge in [0, 0.05) is 0 Å². The zero-order valence-corrected chi connectivity index (χ0v) is 19.1. The lowest BCUT2D eigenvalue weighted by Crippen LogP contribution is -2.48. The fourth-order valence-electron chi connectivity index (χ4n) is 2.76. The zero-order valence-electron chi connectivity index (χ0n) is 19.1. The Bertz CT molecular complexity index is 749. The van der Waals surface area contributed by atoms with Crippen LogP contribution in [0.3, 0.4) is 0 Å². The largest absolute Gasteiger partial charge is 0.458 e. The zero-order chi connectivity index (χ0) is 23.4. The number of carbonyl (C=O) groups excluding carboxylic acids is 4. The number of hydrogen-bond donors (Lipinski definition) is 3. The van der Waals surface area contributed by atoms with Crippen LogP contribution in [-0.2, 0) is 23.9 Å². The number of esters is 1. The normalized spacial score (nSPS) is 13.1. The average molecular weight is 434 g/mol. The van der Waals surface area contributed by atoms with Crippen LogP contribution in [0.4, 0.5) is 0 Å². The number of ether oxygens (including phenoxy) is 1. The van der Waals surface area contributed by atoms with Crippen molar-refractivity contribution in [1.29, 1.82) is 0 Å². The van der Waals surface area contributed by atoms with E-state index in [1.807, 2.05) is 13.8 Å². The van der Waals surface area contributed by atoms with Crippen LogP contribution in [0.25, 0.3) is 0 Å². The Morgan fingerprint density at radius 2 is 1.71 bits per heavy atom. The van der Waals surface area contributed by atoms with Crippen molar-refractivity contribution in [1.82, 2.24) is 16.0 Å². The van der Waals surface area contributed by atoms with Gasteiger partial charge in [0.1, 0.15) is 5.60 Å². The van der Waals surface area contributed by atoms with E-state index in [9.17, 15) is 19.2 Å². The van der Waals surface area contributed by atoms with E-state index < -0.39 is 47.8 Å². The van der Waals surface area contributed by atoms with Gasteiger partial charge in [-0.3, -0.25) is 14.4 Å². The second-order valence-corrected chi connectivity index (χ2v) is 7.98. The lowest BCUT2D eigenvalue weighted by molar-refractivity contribution is -0.160. The van der Waals surface area contributed by atoms with E-state index in [-0.39, 0.29) is 0 Å². The number of rotatable bonds is 13. The Morgan fingerprint density at radius 3 is 2.26 bits per heavy atom. The van der Waals surface area contributed by atoms with Gasteiger partial charge in [-0.25, -0.2) is 4.79 Å². The van der Waals surface area contributed by atoms with Crippen molar-refractivity contribution in [3.63, 3.8) is 0 Å². The summed E-state index contributed by atoms with van der Waals surface area (Å²) in [5.41, 5.74) is -0.124. The fourth-order valence-corrected chi connectivity index (χ4v) is 2.76. The summed E-state index contributed by atoms with van der Waals surface area (Å²) in [5, 5.41) is 7.76. The van der Waals surface area contributed by atoms with Crippen molar-refractivity contribution in [3.8, 4) is 0 Å². The minimum absolute atomic E-state index is 0.428. The third-order valence-corrected chi connectivity index (χ3v) is 5.05. The highest BCUT2D eigenvalue weighted by Crippen LogP contribution is 2.20. The molecule has 1 aromatic carbocycles. The topological polar surface area (TPSA) is 114 Å². The summed E-state index contributed by atoms with van der Waals surface area (Å²) in [4.78, 5) is 49.6. The van der Waals surface area contributed by atoms with Crippen molar-refractivity contribution < 1.29 is 23.9 Å². The number of benzene rings is 1. The summed E-state index contributed by atoms with van der Waals surface area (Å²) in [6.45, 7) is 7.05. The first-order chi connectivity index (χ1) is 14.6. The van der Waals surface area contributed by atoms with E-state index in [1.54, 1.807) is 51.2 Å². The third kappa shape index (κ3) is 8.88. The molecular formula is C23H35N3O5. The molecule has 0 fully saturated rings. The van der Waals surface area contributed by atoms with E-state index in [0.717, 1.165) is 12.8 Å². The van der Waals surface area contributed by atoms with Crippen LogP contribution in [0, 0.1) is 0 Å². The highest BCUT2D eigenvalue weighted by molar-refractivity contribution is 6.38. The first kappa shape index (κ1) is 26.3. The number of Topliss-reactive ketones (excluding diaryl/α,β-unsaturated/α-hetero) is 1. The Morgan fingerprint density at radius 1 is 1.06 bits per heavy atom. The van der Waals surface area contributed by atoms with Gasteiger partial charge in [-0.15, -0.1) is 0 Å². The smallest absolute Gasteiger partial charge is 0.333 e. The highest BCUT2D eigenvalue weighted by Gasteiger charge is 2.30. The van der Waals surface area contributed by atoms with Crippen molar-refractivity contribution in [3.05, 3.63) is 35.9 Å². The Labute approximate surface area is 184 Å². The molecule has 31 heavy (non-hydrogen) atoms. The van der Waals surface area contributed by atoms with Gasteiger partial charge in [0.2, 0.25) is 11.7 Å².